The van der Waals surface area contributed by atoms with Gasteiger partial charge in [0.05, 0.1) is 12.0 Å². The van der Waals surface area contributed by atoms with Crippen LogP contribution in [0.15, 0.2) is 48.5 Å². The molecule has 0 aromatic heterocycles. The zero-order valence-corrected chi connectivity index (χ0v) is 10.3. The molecule has 1 aliphatic carbocycles. The van der Waals surface area contributed by atoms with Crippen molar-refractivity contribution in [3.05, 3.63) is 70.8 Å². The number of hydrogen-bond acceptors (Lipinski definition) is 1. The number of rotatable bonds is 0. The number of hydrogen-bond donors (Lipinski definition) is 0. The Morgan fingerprint density at radius 1 is 0.833 bits per heavy atom. The summed E-state index contributed by atoms with van der Waals surface area (Å²) in [6.45, 7) is 0. The molecule has 0 radical (unpaired) electrons. The fourth-order valence-electron chi connectivity index (χ4n) is 2.86. The number of aryl methyl sites for hydroxylation is 2. The van der Waals surface area contributed by atoms with E-state index in [1.54, 1.807) is 0 Å². The molecule has 0 unspecified atom stereocenters. The number of nitriles is 1. The second-order valence-electron chi connectivity index (χ2n) is 4.81. The number of fused-ring (bicyclic) bond motifs is 2. The third-order valence-corrected chi connectivity index (χ3v) is 3.75. The minimum atomic E-state index is -0.113. The van der Waals surface area contributed by atoms with Gasteiger partial charge in [0.25, 0.3) is 0 Å². The van der Waals surface area contributed by atoms with Gasteiger partial charge in [-0.3, -0.25) is 0 Å². The molecule has 0 aliphatic heterocycles. The summed E-state index contributed by atoms with van der Waals surface area (Å²) in [6.07, 6.45) is 3.30. The standard InChI is InChI=1S/C17H15N/c18-12-17-15-10-3-1-6-13(15)8-5-9-14-7-2-4-11-16(14)17/h1-4,6-7,10-11,17H,5,8-9H2. The van der Waals surface area contributed by atoms with Gasteiger partial charge in [-0.2, -0.15) is 5.26 Å². The molecular weight excluding hydrogens is 218 g/mol. The average Bonchev–Trinajstić information content (AvgIpc) is 2.40. The van der Waals surface area contributed by atoms with Crippen molar-refractivity contribution in [2.45, 2.75) is 25.2 Å². The number of benzene rings is 2. The summed E-state index contributed by atoms with van der Waals surface area (Å²) in [7, 11) is 0. The lowest BCUT2D eigenvalue weighted by Crippen LogP contribution is -2.09. The van der Waals surface area contributed by atoms with Crippen molar-refractivity contribution in [3.8, 4) is 6.07 Å². The van der Waals surface area contributed by atoms with E-state index >= 15 is 0 Å². The molecule has 88 valence electrons. The summed E-state index contributed by atoms with van der Waals surface area (Å²) in [5, 5.41) is 9.55. The van der Waals surface area contributed by atoms with E-state index in [-0.39, 0.29) is 5.92 Å². The molecule has 0 spiro atoms. The van der Waals surface area contributed by atoms with Crippen molar-refractivity contribution in [1.82, 2.24) is 0 Å². The normalized spacial score (nSPS) is 14.8. The zero-order valence-electron chi connectivity index (χ0n) is 10.3. The Labute approximate surface area is 108 Å². The molecule has 0 fully saturated rings. The van der Waals surface area contributed by atoms with Gasteiger partial charge in [-0.05, 0) is 41.5 Å². The summed E-state index contributed by atoms with van der Waals surface area (Å²) in [5.74, 6) is -0.113. The van der Waals surface area contributed by atoms with Crippen LogP contribution in [0.2, 0.25) is 0 Å². The molecule has 2 aromatic rings. The Hall–Kier alpha value is -2.07. The Morgan fingerprint density at radius 3 is 1.83 bits per heavy atom. The summed E-state index contributed by atoms with van der Waals surface area (Å²) in [5.41, 5.74) is 5.04. The molecule has 0 bridgehead atoms. The minimum absolute atomic E-state index is 0.113. The van der Waals surface area contributed by atoms with Gasteiger partial charge >= 0.3 is 0 Å². The highest BCUT2D eigenvalue weighted by Gasteiger charge is 2.21. The van der Waals surface area contributed by atoms with E-state index in [1.807, 2.05) is 12.1 Å². The first kappa shape index (κ1) is 11.0. The third kappa shape index (κ3) is 1.80. The lowest BCUT2D eigenvalue weighted by atomic mass is 9.82. The van der Waals surface area contributed by atoms with E-state index in [0.717, 1.165) is 19.3 Å². The monoisotopic (exact) mass is 233 g/mol. The van der Waals surface area contributed by atoms with Gasteiger partial charge in [0.15, 0.2) is 0 Å². The second-order valence-corrected chi connectivity index (χ2v) is 4.81. The summed E-state index contributed by atoms with van der Waals surface area (Å²) in [6, 6.07) is 19.2. The first-order valence-corrected chi connectivity index (χ1v) is 6.45. The average molecular weight is 233 g/mol. The van der Waals surface area contributed by atoms with Gasteiger partial charge in [-0.1, -0.05) is 48.5 Å². The quantitative estimate of drug-likeness (QED) is 0.678. The first-order valence-electron chi connectivity index (χ1n) is 6.45. The van der Waals surface area contributed by atoms with Crippen LogP contribution in [0.3, 0.4) is 0 Å². The van der Waals surface area contributed by atoms with Gasteiger partial charge in [-0.25, -0.2) is 0 Å². The molecule has 1 heteroatoms. The van der Waals surface area contributed by atoms with E-state index in [1.165, 1.54) is 22.3 Å². The summed E-state index contributed by atoms with van der Waals surface area (Å²) >= 11 is 0. The molecule has 0 heterocycles. The van der Waals surface area contributed by atoms with Crippen LogP contribution in [-0.4, -0.2) is 0 Å². The van der Waals surface area contributed by atoms with Gasteiger partial charge in [0.1, 0.15) is 0 Å². The van der Waals surface area contributed by atoms with E-state index < -0.39 is 0 Å². The van der Waals surface area contributed by atoms with Crippen LogP contribution in [0, 0.1) is 11.3 Å². The molecular formula is C17H15N. The van der Waals surface area contributed by atoms with Crippen molar-refractivity contribution in [3.63, 3.8) is 0 Å². The van der Waals surface area contributed by atoms with Crippen LogP contribution in [0.5, 0.6) is 0 Å². The molecule has 3 rings (SSSR count). The van der Waals surface area contributed by atoms with E-state index in [4.69, 9.17) is 0 Å². The maximum atomic E-state index is 9.55. The zero-order chi connectivity index (χ0) is 12.4. The molecule has 2 aromatic carbocycles. The van der Waals surface area contributed by atoms with Crippen LogP contribution < -0.4 is 0 Å². The van der Waals surface area contributed by atoms with Gasteiger partial charge < -0.3 is 0 Å². The smallest absolute Gasteiger partial charge is 0.0968 e. The fourth-order valence-corrected chi connectivity index (χ4v) is 2.86. The molecule has 0 saturated heterocycles. The molecule has 1 aliphatic rings. The second kappa shape index (κ2) is 4.66. The van der Waals surface area contributed by atoms with Crippen molar-refractivity contribution < 1.29 is 0 Å². The van der Waals surface area contributed by atoms with Crippen molar-refractivity contribution in [2.24, 2.45) is 0 Å². The largest absolute Gasteiger partial charge is 0.197 e. The maximum Gasteiger partial charge on any atom is 0.0968 e. The van der Waals surface area contributed by atoms with Crippen LogP contribution in [0.25, 0.3) is 0 Å². The molecule has 0 atom stereocenters. The molecule has 0 saturated carbocycles. The van der Waals surface area contributed by atoms with Gasteiger partial charge in [0.2, 0.25) is 0 Å². The predicted molar refractivity (Wildman–Crippen MR) is 72.4 cm³/mol. The SMILES string of the molecule is N#CC1c2ccccc2CCCc2ccccc21. The van der Waals surface area contributed by atoms with Gasteiger partial charge in [0, 0.05) is 0 Å². The van der Waals surface area contributed by atoms with E-state index in [2.05, 4.69) is 42.5 Å². The molecule has 1 nitrogen and oxygen atoms in total. The van der Waals surface area contributed by atoms with Crippen LogP contribution >= 0.6 is 0 Å². The van der Waals surface area contributed by atoms with Crippen molar-refractivity contribution in [2.75, 3.05) is 0 Å². The highest BCUT2D eigenvalue weighted by molar-refractivity contribution is 5.46. The van der Waals surface area contributed by atoms with Crippen LogP contribution in [0.4, 0.5) is 0 Å². The molecule has 0 N–H and O–H groups in total. The van der Waals surface area contributed by atoms with Crippen molar-refractivity contribution >= 4 is 0 Å². The van der Waals surface area contributed by atoms with E-state index in [9.17, 15) is 5.26 Å². The first-order chi connectivity index (χ1) is 8.90. The van der Waals surface area contributed by atoms with E-state index in [0.29, 0.717) is 0 Å². The Bertz CT molecular complexity index is 560. The fraction of sp³-hybridized carbons (Fsp3) is 0.235. The lowest BCUT2D eigenvalue weighted by Gasteiger charge is -2.21. The lowest BCUT2D eigenvalue weighted by molar-refractivity contribution is 0.775. The number of nitrogens with zero attached hydrogens (tertiary/aromatic N) is 1. The van der Waals surface area contributed by atoms with Crippen LogP contribution in [0.1, 0.15) is 34.6 Å². The third-order valence-electron chi connectivity index (χ3n) is 3.75. The van der Waals surface area contributed by atoms with Gasteiger partial charge in [-0.15, -0.1) is 0 Å². The molecule has 18 heavy (non-hydrogen) atoms. The van der Waals surface area contributed by atoms with Crippen LogP contribution in [-0.2, 0) is 12.8 Å². The predicted octanol–water partition coefficient (Wildman–Crippen LogP) is 3.83. The Kier molecular flexibility index (Phi) is 2.86. The maximum absolute atomic E-state index is 9.55. The Morgan fingerprint density at radius 2 is 1.33 bits per heavy atom. The highest BCUT2D eigenvalue weighted by Crippen LogP contribution is 2.32. The summed E-state index contributed by atoms with van der Waals surface area (Å²) < 4.78 is 0. The minimum Gasteiger partial charge on any atom is -0.197 e. The Balaban J connectivity index is 2.20. The highest BCUT2D eigenvalue weighted by atomic mass is 14.3. The van der Waals surface area contributed by atoms with Crippen molar-refractivity contribution in [1.29, 1.82) is 5.26 Å². The molecule has 0 amide bonds. The topological polar surface area (TPSA) is 23.8 Å². The summed E-state index contributed by atoms with van der Waals surface area (Å²) in [4.78, 5) is 0.